The third kappa shape index (κ3) is 2.71. The van der Waals surface area contributed by atoms with Crippen molar-refractivity contribution in [2.75, 3.05) is 0 Å². The SMILES string of the molecule is Cc1ccnc2nc(C(=O)N(C3CCC(C)CC3)C3CC3)nn12. The molecule has 0 atom stereocenters. The Morgan fingerprint density at radius 3 is 2.43 bits per heavy atom. The number of carbonyl (C=O) groups is 1. The Kier molecular flexibility index (Phi) is 3.54. The second kappa shape index (κ2) is 5.58. The number of nitrogens with zero attached hydrogens (tertiary/aromatic N) is 5. The van der Waals surface area contributed by atoms with E-state index in [1.807, 2.05) is 13.0 Å². The smallest absolute Gasteiger partial charge is 0.294 e. The molecule has 0 aliphatic heterocycles. The second-order valence-electron chi connectivity index (χ2n) is 7.09. The molecule has 2 fully saturated rings. The van der Waals surface area contributed by atoms with E-state index in [0.29, 0.717) is 17.9 Å². The fourth-order valence-corrected chi connectivity index (χ4v) is 3.62. The van der Waals surface area contributed by atoms with Gasteiger partial charge in [0.15, 0.2) is 0 Å². The number of hydrogen-bond donors (Lipinski definition) is 0. The zero-order valence-corrected chi connectivity index (χ0v) is 13.8. The van der Waals surface area contributed by atoms with E-state index in [1.165, 1.54) is 12.8 Å². The van der Waals surface area contributed by atoms with Crippen molar-refractivity contribution in [2.24, 2.45) is 5.92 Å². The van der Waals surface area contributed by atoms with Crippen LogP contribution < -0.4 is 0 Å². The number of aromatic nitrogens is 4. The Labute approximate surface area is 135 Å². The average Bonchev–Trinajstić information content (AvgIpc) is 3.27. The van der Waals surface area contributed by atoms with Gasteiger partial charge in [0, 0.05) is 24.0 Å². The van der Waals surface area contributed by atoms with Crippen molar-refractivity contribution in [1.82, 2.24) is 24.5 Å². The van der Waals surface area contributed by atoms with Crippen LogP contribution in [0.3, 0.4) is 0 Å². The van der Waals surface area contributed by atoms with Crippen molar-refractivity contribution in [3.63, 3.8) is 0 Å². The van der Waals surface area contributed by atoms with Gasteiger partial charge in [-0.15, -0.1) is 5.10 Å². The van der Waals surface area contributed by atoms with Gasteiger partial charge in [0.2, 0.25) is 5.82 Å². The van der Waals surface area contributed by atoms with E-state index in [-0.39, 0.29) is 11.7 Å². The van der Waals surface area contributed by atoms with Crippen molar-refractivity contribution in [3.8, 4) is 0 Å². The zero-order chi connectivity index (χ0) is 16.0. The molecule has 0 unspecified atom stereocenters. The molecule has 6 heteroatoms. The molecule has 6 nitrogen and oxygen atoms in total. The Morgan fingerprint density at radius 2 is 1.83 bits per heavy atom. The topological polar surface area (TPSA) is 63.4 Å². The molecule has 0 spiro atoms. The first-order chi connectivity index (χ1) is 11.1. The molecule has 0 aromatic carbocycles. The summed E-state index contributed by atoms with van der Waals surface area (Å²) >= 11 is 0. The molecule has 23 heavy (non-hydrogen) atoms. The summed E-state index contributed by atoms with van der Waals surface area (Å²) in [6.07, 6.45) is 8.56. The van der Waals surface area contributed by atoms with Crippen LogP contribution in [0, 0.1) is 12.8 Å². The third-order valence-corrected chi connectivity index (χ3v) is 5.17. The average molecular weight is 313 g/mol. The molecule has 2 aromatic rings. The molecule has 0 radical (unpaired) electrons. The summed E-state index contributed by atoms with van der Waals surface area (Å²) in [7, 11) is 0. The van der Waals surface area contributed by atoms with Gasteiger partial charge in [-0.25, -0.2) is 9.50 Å². The molecular formula is C17H23N5O. The molecule has 1 amide bonds. The lowest BCUT2D eigenvalue weighted by Crippen LogP contribution is -2.44. The predicted molar refractivity (Wildman–Crippen MR) is 86.1 cm³/mol. The summed E-state index contributed by atoms with van der Waals surface area (Å²) in [4.78, 5) is 23.7. The maximum absolute atomic E-state index is 13.0. The first-order valence-electron chi connectivity index (χ1n) is 8.64. The minimum Gasteiger partial charge on any atom is -0.330 e. The number of rotatable bonds is 3. The Balaban J connectivity index is 1.63. The summed E-state index contributed by atoms with van der Waals surface area (Å²) in [5.41, 5.74) is 0.936. The molecule has 2 aliphatic carbocycles. The Hall–Kier alpha value is -1.98. The van der Waals surface area contributed by atoms with Crippen molar-refractivity contribution < 1.29 is 4.79 Å². The van der Waals surface area contributed by atoms with Gasteiger partial charge < -0.3 is 4.90 Å². The zero-order valence-electron chi connectivity index (χ0n) is 13.8. The highest BCUT2D eigenvalue weighted by molar-refractivity contribution is 5.91. The Bertz CT molecular complexity index is 728. The lowest BCUT2D eigenvalue weighted by molar-refractivity contribution is 0.0581. The van der Waals surface area contributed by atoms with E-state index in [0.717, 1.165) is 37.3 Å². The molecular weight excluding hydrogens is 290 g/mol. The quantitative estimate of drug-likeness (QED) is 0.874. The van der Waals surface area contributed by atoms with Crippen LogP contribution in [0.25, 0.3) is 5.78 Å². The van der Waals surface area contributed by atoms with E-state index in [4.69, 9.17) is 0 Å². The van der Waals surface area contributed by atoms with E-state index < -0.39 is 0 Å². The molecule has 2 aliphatic rings. The molecule has 2 saturated carbocycles. The minimum atomic E-state index is -0.0167. The lowest BCUT2D eigenvalue weighted by Gasteiger charge is -2.35. The minimum absolute atomic E-state index is 0.0167. The fraction of sp³-hybridized carbons (Fsp3) is 0.647. The van der Waals surface area contributed by atoms with E-state index in [2.05, 4.69) is 26.9 Å². The van der Waals surface area contributed by atoms with Crippen LogP contribution in [0.15, 0.2) is 12.3 Å². The number of hydrogen-bond acceptors (Lipinski definition) is 4. The summed E-state index contributed by atoms with van der Waals surface area (Å²) in [6, 6.07) is 2.62. The fourth-order valence-electron chi connectivity index (χ4n) is 3.62. The van der Waals surface area contributed by atoms with Gasteiger partial charge in [-0.2, -0.15) is 4.98 Å². The maximum Gasteiger partial charge on any atom is 0.294 e. The number of fused-ring (bicyclic) bond motifs is 1. The van der Waals surface area contributed by atoms with Crippen LogP contribution >= 0.6 is 0 Å². The van der Waals surface area contributed by atoms with E-state index in [1.54, 1.807) is 10.7 Å². The number of amides is 1. The summed E-state index contributed by atoms with van der Waals surface area (Å²) in [6.45, 7) is 4.25. The van der Waals surface area contributed by atoms with Crippen LogP contribution in [-0.4, -0.2) is 42.5 Å². The third-order valence-electron chi connectivity index (χ3n) is 5.17. The van der Waals surface area contributed by atoms with Crippen LogP contribution in [-0.2, 0) is 0 Å². The highest BCUT2D eigenvalue weighted by Crippen LogP contribution is 2.36. The van der Waals surface area contributed by atoms with Crippen molar-refractivity contribution in [2.45, 2.75) is 64.5 Å². The normalized spacial score (nSPS) is 24.8. The summed E-state index contributed by atoms with van der Waals surface area (Å²) in [5, 5.41) is 4.40. The van der Waals surface area contributed by atoms with Crippen molar-refractivity contribution >= 4 is 11.7 Å². The van der Waals surface area contributed by atoms with E-state index >= 15 is 0 Å². The molecule has 2 heterocycles. The van der Waals surface area contributed by atoms with Gasteiger partial charge in [-0.05, 0) is 57.4 Å². The van der Waals surface area contributed by atoms with Crippen LogP contribution in [0.2, 0.25) is 0 Å². The lowest BCUT2D eigenvalue weighted by atomic mass is 9.86. The van der Waals surface area contributed by atoms with Gasteiger partial charge in [0.25, 0.3) is 11.7 Å². The van der Waals surface area contributed by atoms with Crippen LogP contribution in [0.4, 0.5) is 0 Å². The largest absolute Gasteiger partial charge is 0.330 e. The van der Waals surface area contributed by atoms with Gasteiger partial charge in [0.05, 0.1) is 0 Å². The molecule has 4 rings (SSSR count). The molecule has 0 N–H and O–H groups in total. The highest BCUT2D eigenvalue weighted by Gasteiger charge is 2.40. The van der Waals surface area contributed by atoms with Gasteiger partial charge in [0.1, 0.15) is 0 Å². The highest BCUT2D eigenvalue weighted by atomic mass is 16.2. The first-order valence-corrected chi connectivity index (χ1v) is 8.64. The van der Waals surface area contributed by atoms with Gasteiger partial charge >= 0.3 is 0 Å². The monoisotopic (exact) mass is 313 g/mol. The molecule has 122 valence electrons. The maximum atomic E-state index is 13.0. The van der Waals surface area contributed by atoms with Gasteiger partial charge in [-0.1, -0.05) is 6.92 Å². The standard InChI is InChI=1S/C17H23N5O/c1-11-3-5-13(6-4-11)21(14-7-8-14)16(23)15-19-17-18-10-9-12(2)22(17)20-15/h9-11,13-14H,3-8H2,1-2H3. The van der Waals surface area contributed by atoms with Crippen LogP contribution in [0.5, 0.6) is 0 Å². The Morgan fingerprint density at radius 1 is 1.17 bits per heavy atom. The summed E-state index contributed by atoms with van der Waals surface area (Å²) < 4.78 is 1.65. The first kappa shape index (κ1) is 14.6. The van der Waals surface area contributed by atoms with E-state index in [9.17, 15) is 4.79 Å². The predicted octanol–water partition coefficient (Wildman–Crippen LogP) is 2.62. The molecule has 2 aromatic heterocycles. The molecule has 0 bridgehead atoms. The summed E-state index contributed by atoms with van der Waals surface area (Å²) in [5.74, 6) is 1.55. The van der Waals surface area contributed by atoms with Crippen LogP contribution in [0.1, 0.15) is 61.8 Å². The molecule has 0 saturated heterocycles. The second-order valence-corrected chi connectivity index (χ2v) is 7.09. The van der Waals surface area contributed by atoms with Crippen molar-refractivity contribution in [1.29, 1.82) is 0 Å². The van der Waals surface area contributed by atoms with Gasteiger partial charge in [-0.3, -0.25) is 4.79 Å². The number of aryl methyl sites for hydroxylation is 1. The number of carbonyl (C=O) groups excluding carboxylic acids is 1. The van der Waals surface area contributed by atoms with Crippen molar-refractivity contribution in [3.05, 3.63) is 23.8 Å².